The van der Waals surface area contributed by atoms with E-state index >= 15 is 0 Å². The number of fused-ring (bicyclic) bond motifs is 1. The molecule has 7 heteroatoms. The third-order valence-corrected chi connectivity index (χ3v) is 3.06. The van der Waals surface area contributed by atoms with Gasteiger partial charge in [-0.2, -0.15) is 0 Å². The third-order valence-electron chi connectivity index (χ3n) is 3.06. The van der Waals surface area contributed by atoms with Crippen molar-refractivity contribution in [3.63, 3.8) is 0 Å². The van der Waals surface area contributed by atoms with Gasteiger partial charge in [-0.15, -0.1) is 0 Å². The Hall–Kier alpha value is -2.96. The van der Waals surface area contributed by atoms with E-state index in [2.05, 4.69) is 24.7 Å². The average molecular weight is 285 g/mol. The summed E-state index contributed by atoms with van der Waals surface area (Å²) >= 11 is 0. The topological polar surface area (TPSA) is 107 Å². The van der Waals surface area contributed by atoms with Crippen LogP contribution in [0.1, 0.15) is 17.5 Å². The molecule has 0 spiro atoms. The number of ether oxygens (including phenoxy) is 1. The second-order valence-corrected chi connectivity index (χ2v) is 4.59. The van der Waals surface area contributed by atoms with Crippen molar-refractivity contribution in [1.29, 1.82) is 0 Å². The summed E-state index contributed by atoms with van der Waals surface area (Å²) in [7, 11) is 1.28. The van der Waals surface area contributed by atoms with Gasteiger partial charge in [-0.3, -0.25) is 0 Å². The Bertz CT molecular complexity index is 846. The van der Waals surface area contributed by atoms with Gasteiger partial charge in [-0.25, -0.2) is 19.7 Å². The zero-order valence-corrected chi connectivity index (χ0v) is 11.5. The Labute approximate surface area is 121 Å². The first-order chi connectivity index (χ1) is 10.1. The lowest BCUT2D eigenvalue weighted by Crippen LogP contribution is -2.08. The molecule has 0 aliphatic heterocycles. The van der Waals surface area contributed by atoms with Crippen LogP contribution < -0.4 is 5.73 Å². The number of anilines is 1. The summed E-state index contributed by atoms with van der Waals surface area (Å²) in [6.45, 7) is 1.99. The Balaban J connectivity index is 0.00000176. The van der Waals surface area contributed by atoms with Gasteiger partial charge < -0.3 is 15.5 Å². The number of aryl methyl sites for hydroxylation is 1. The minimum atomic E-state index is -0.573. The maximum atomic E-state index is 11.5. The van der Waals surface area contributed by atoms with Crippen LogP contribution >= 0.6 is 0 Å². The summed E-state index contributed by atoms with van der Waals surface area (Å²) in [5.41, 5.74) is 9.01. The van der Waals surface area contributed by atoms with E-state index in [0.29, 0.717) is 11.5 Å². The van der Waals surface area contributed by atoms with Gasteiger partial charge in [-0.1, -0.05) is 6.07 Å². The van der Waals surface area contributed by atoms with E-state index in [1.165, 1.54) is 13.3 Å². The minimum absolute atomic E-state index is 0. The monoisotopic (exact) mass is 285 g/mol. The van der Waals surface area contributed by atoms with Crippen LogP contribution in [0, 0.1) is 6.92 Å². The van der Waals surface area contributed by atoms with Crippen LogP contribution in [0.15, 0.2) is 24.4 Å². The first kappa shape index (κ1) is 13.0. The predicted molar refractivity (Wildman–Crippen MR) is 79.7 cm³/mol. The number of hydrogen-bond donors (Lipinski definition) is 2. The van der Waals surface area contributed by atoms with Gasteiger partial charge in [0.2, 0.25) is 0 Å². The highest BCUT2D eigenvalue weighted by atomic mass is 16.5. The molecule has 0 saturated heterocycles. The SMILES string of the molecule is COC(=O)c1cnc(N)c(-c2nc3ccc(C)cc3[nH]2)n1.[HH]. The van der Waals surface area contributed by atoms with Crippen LogP contribution in [-0.4, -0.2) is 33.0 Å². The number of carbonyl (C=O) groups excluding carboxylic acids is 1. The summed E-state index contributed by atoms with van der Waals surface area (Å²) in [4.78, 5) is 27.2. The number of carbonyl (C=O) groups is 1. The summed E-state index contributed by atoms with van der Waals surface area (Å²) < 4.78 is 4.63. The molecule has 2 heterocycles. The predicted octanol–water partition coefficient (Wildman–Crippen LogP) is 1.94. The Morgan fingerprint density at radius 1 is 1.38 bits per heavy atom. The highest BCUT2D eigenvalue weighted by Crippen LogP contribution is 2.23. The van der Waals surface area contributed by atoms with Crippen molar-refractivity contribution in [1.82, 2.24) is 19.9 Å². The molecular formula is C14H15N5O2. The van der Waals surface area contributed by atoms with Crippen molar-refractivity contribution in [3.8, 4) is 11.5 Å². The van der Waals surface area contributed by atoms with E-state index in [1.807, 2.05) is 25.1 Å². The van der Waals surface area contributed by atoms with Gasteiger partial charge in [0, 0.05) is 1.43 Å². The van der Waals surface area contributed by atoms with Crippen molar-refractivity contribution >= 4 is 22.8 Å². The third kappa shape index (κ3) is 2.29. The Morgan fingerprint density at radius 3 is 2.95 bits per heavy atom. The number of H-pyrrole nitrogens is 1. The van der Waals surface area contributed by atoms with E-state index in [9.17, 15) is 4.79 Å². The van der Waals surface area contributed by atoms with Crippen molar-refractivity contribution in [3.05, 3.63) is 35.7 Å². The molecule has 1 aromatic carbocycles. The zero-order chi connectivity index (χ0) is 15.0. The maximum Gasteiger partial charge on any atom is 0.358 e. The first-order valence-corrected chi connectivity index (χ1v) is 6.26. The molecule has 7 nitrogen and oxygen atoms in total. The van der Waals surface area contributed by atoms with E-state index in [0.717, 1.165) is 16.6 Å². The lowest BCUT2D eigenvalue weighted by atomic mass is 10.2. The van der Waals surface area contributed by atoms with Gasteiger partial charge in [0.25, 0.3) is 0 Å². The Morgan fingerprint density at radius 2 is 2.19 bits per heavy atom. The highest BCUT2D eigenvalue weighted by Gasteiger charge is 2.15. The number of benzene rings is 1. The Kier molecular flexibility index (Phi) is 3.02. The lowest BCUT2D eigenvalue weighted by molar-refractivity contribution is 0.0593. The molecule has 2 aromatic heterocycles. The van der Waals surface area contributed by atoms with Gasteiger partial charge in [0.05, 0.1) is 24.3 Å². The molecule has 0 aliphatic rings. The summed E-state index contributed by atoms with van der Waals surface area (Å²) in [5, 5.41) is 0. The second-order valence-electron chi connectivity index (χ2n) is 4.59. The van der Waals surface area contributed by atoms with Crippen LogP contribution in [0.2, 0.25) is 0 Å². The molecule has 108 valence electrons. The molecular weight excluding hydrogens is 270 g/mol. The van der Waals surface area contributed by atoms with Gasteiger partial charge in [0.15, 0.2) is 17.3 Å². The number of rotatable bonds is 2. The molecule has 0 atom stereocenters. The number of nitrogens with zero attached hydrogens (tertiary/aromatic N) is 3. The van der Waals surface area contributed by atoms with Crippen molar-refractivity contribution in [2.45, 2.75) is 6.92 Å². The fraction of sp³-hybridized carbons (Fsp3) is 0.143. The molecule has 0 saturated carbocycles. The minimum Gasteiger partial charge on any atom is -0.464 e. The summed E-state index contributed by atoms with van der Waals surface area (Å²) in [6, 6.07) is 5.84. The van der Waals surface area contributed by atoms with Crippen LogP contribution in [0.5, 0.6) is 0 Å². The number of aromatic nitrogens is 4. The number of hydrogen-bond acceptors (Lipinski definition) is 6. The number of imidazole rings is 1. The van der Waals surface area contributed by atoms with Crippen LogP contribution in [0.25, 0.3) is 22.6 Å². The summed E-state index contributed by atoms with van der Waals surface area (Å²) in [5.74, 6) is 0.0838. The molecule has 0 bridgehead atoms. The largest absolute Gasteiger partial charge is 0.464 e. The molecule has 0 fully saturated rings. The number of nitrogens with one attached hydrogen (secondary N) is 1. The van der Waals surface area contributed by atoms with Crippen LogP contribution in [0.4, 0.5) is 5.82 Å². The van der Waals surface area contributed by atoms with Crippen molar-refractivity contribution in [2.24, 2.45) is 0 Å². The smallest absolute Gasteiger partial charge is 0.358 e. The molecule has 0 unspecified atom stereocenters. The molecule has 0 radical (unpaired) electrons. The van der Waals surface area contributed by atoms with Gasteiger partial charge in [0.1, 0.15) is 5.69 Å². The summed E-state index contributed by atoms with van der Waals surface area (Å²) in [6.07, 6.45) is 1.28. The standard InChI is InChI=1S/C14H13N5O2.H2/c1-7-3-4-8-9(5-7)19-13(18-8)11-12(15)16-6-10(17-11)14(20)21-2;/h3-6H,1-2H3,(H2,15,16)(H,18,19);1H. The molecule has 21 heavy (non-hydrogen) atoms. The molecule has 0 aliphatic carbocycles. The lowest BCUT2D eigenvalue weighted by Gasteiger charge is -2.03. The van der Waals surface area contributed by atoms with Crippen LogP contribution in [-0.2, 0) is 4.74 Å². The average Bonchev–Trinajstić information content (AvgIpc) is 2.89. The maximum absolute atomic E-state index is 11.5. The van der Waals surface area contributed by atoms with Crippen LogP contribution in [0.3, 0.4) is 0 Å². The number of nitrogens with two attached hydrogens (primary N) is 1. The van der Waals surface area contributed by atoms with Crippen molar-refractivity contribution in [2.75, 3.05) is 12.8 Å². The first-order valence-electron chi connectivity index (χ1n) is 6.26. The van der Waals surface area contributed by atoms with Gasteiger partial charge in [-0.05, 0) is 24.6 Å². The van der Waals surface area contributed by atoms with E-state index < -0.39 is 5.97 Å². The number of esters is 1. The fourth-order valence-corrected chi connectivity index (χ4v) is 2.01. The normalized spacial score (nSPS) is 10.8. The zero-order valence-electron chi connectivity index (χ0n) is 11.5. The number of nitrogen functional groups attached to an aromatic ring is 1. The van der Waals surface area contributed by atoms with E-state index in [-0.39, 0.29) is 12.9 Å². The van der Waals surface area contributed by atoms with E-state index in [4.69, 9.17) is 5.73 Å². The van der Waals surface area contributed by atoms with Gasteiger partial charge >= 0.3 is 5.97 Å². The second kappa shape index (κ2) is 4.86. The fourth-order valence-electron chi connectivity index (χ4n) is 2.01. The molecule has 3 N–H and O–H groups in total. The molecule has 0 amide bonds. The molecule has 3 rings (SSSR count). The highest BCUT2D eigenvalue weighted by molar-refractivity contribution is 5.88. The number of aromatic amines is 1. The van der Waals surface area contributed by atoms with E-state index in [1.54, 1.807) is 0 Å². The quantitative estimate of drug-likeness (QED) is 0.697. The van der Waals surface area contributed by atoms with Crippen molar-refractivity contribution < 1.29 is 11.0 Å². The molecule has 3 aromatic rings. The number of methoxy groups -OCH3 is 1.